The third kappa shape index (κ3) is 2.53. The maximum absolute atomic E-state index is 9.57. The number of nitrogens with zero attached hydrogens (tertiary/aromatic N) is 2. The minimum absolute atomic E-state index is 0.0152. The van der Waals surface area contributed by atoms with Crippen molar-refractivity contribution >= 4 is 5.69 Å². The Morgan fingerprint density at radius 1 is 1.42 bits per heavy atom. The molecule has 2 heterocycles. The van der Waals surface area contributed by atoms with E-state index in [1.165, 1.54) is 6.07 Å². The molecule has 1 aliphatic heterocycles. The Morgan fingerprint density at radius 2 is 2.32 bits per heavy atom. The first kappa shape index (κ1) is 12.0. The van der Waals surface area contributed by atoms with Gasteiger partial charge in [-0.25, -0.2) is 0 Å². The number of anilines is 1. The zero-order valence-corrected chi connectivity index (χ0v) is 10.4. The van der Waals surface area contributed by atoms with E-state index in [4.69, 9.17) is 15.0 Å². The molecule has 0 aliphatic carbocycles. The molecule has 6 heteroatoms. The van der Waals surface area contributed by atoms with E-state index in [2.05, 4.69) is 10.1 Å². The lowest BCUT2D eigenvalue weighted by molar-refractivity contribution is 0.185. The normalized spacial score (nSPS) is 18.8. The number of benzene rings is 1. The van der Waals surface area contributed by atoms with Crippen LogP contribution in [0.5, 0.6) is 5.75 Å². The minimum Gasteiger partial charge on any atom is -0.506 e. The summed E-state index contributed by atoms with van der Waals surface area (Å²) in [6.45, 7) is 1.56. The highest BCUT2D eigenvalue weighted by Gasteiger charge is 2.19. The molecule has 0 radical (unpaired) electrons. The van der Waals surface area contributed by atoms with E-state index in [1.807, 2.05) is 0 Å². The summed E-state index contributed by atoms with van der Waals surface area (Å²) in [5, 5.41) is 13.5. The van der Waals surface area contributed by atoms with Crippen molar-refractivity contribution in [2.75, 3.05) is 18.9 Å². The van der Waals surface area contributed by atoms with Gasteiger partial charge in [-0.1, -0.05) is 5.16 Å². The number of hydrogen-bond donors (Lipinski definition) is 2. The molecule has 2 aromatic rings. The van der Waals surface area contributed by atoms with Crippen molar-refractivity contribution in [1.29, 1.82) is 0 Å². The second-order valence-corrected chi connectivity index (χ2v) is 4.72. The maximum Gasteiger partial charge on any atom is 0.258 e. The lowest BCUT2D eigenvalue weighted by atomic mass is 10.1. The van der Waals surface area contributed by atoms with E-state index in [0.717, 1.165) is 26.1 Å². The van der Waals surface area contributed by atoms with Gasteiger partial charge in [0.25, 0.3) is 5.89 Å². The number of phenolic OH excluding ortho intramolecular Hbond substituents is 1. The highest BCUT2D eigenvalue weighted by molar-refractivity contribution is 5.63. The summed E-state index contributed by atoms with van der Waals surface area (Å²) in [5.74, 6) is 1.54. The van der Waals surface area contributed by atoms with Crippen LogP contribution in [0.1, 0.15) is 12.2 Å². The van der Waals surface area contributed by atoms with Gasteiger partial charge in [0.2, 0.25) is 0 Å². The molecule has 0 bridgehead atoms. The highest BCUT2D eigenvalue weighted by Crippen LogP contribution is 2.27. The summed E-state index contributed by atoms with van der Waals surface area (Å²) in [6, 6.07) is 4.87. The first-order valence-corrected chi connectivity index (χ1v) is 6.21. The summed E-state index contributed by atoms with van der Waals surface area (Å²) in [4.78, 5) is 4.33. The molecule has 1 aromatic heterocycles. The van der Waals surface area contributed by atoms with Gasteiger partial charge in [-0.2, -0.15) is 4.98 Å². The van der Waals surface area contributed by atoms with Crippen molar-refractivity contribution in [1.82, 2.24) is 10.1 Å². The minimum atomic E-state index is 0.0152. The number of nitrogen functional groups attached to an aromatic ring is 1. The molecule has 1 atom stereocenters. The summed E-state index contributed by atoms with van der Waals surface area (Å²) >= 11 is 0. The van der Waals surface area contributed by atoms with Crippen molar-refractivity contribution in [3.63, 3.8) is 0 Å². The third-order valence-electron chi connectivity index (χ3n) is 3.24. The smallest absolute Gasteiger partial charge is 0.258 e. The number of nitrogens with two attached hydrogens (primary N) is 1. The number of rotatable bonds is 3. The molecule has 6 nitrogen and oxygen atoms in total. The monoisotopic (exact) mass is 261 g/mol. The Labute approximate surface area is 110 Å². The fourth-order valence-corrected chi connectivity index (χ4v) is 2.13. The van der Waals surface area contributed by atoms with E-state index in [9.17, 15) is 5.11 Å². The molecular weight excluding hydrogens is 246 g/mol. The Hall–Kier alpha value is -2.08. The molecule has 0 amide bonds. The Morgan fingerprint density at radius 3 is 3.05 bits per heavy atom. The van der Waals surface area contributed by atoms with Gasteiger partial charge in [-0.05, 0) is 30.5 Å². The van der Waals surface area contributed by atoms with Gasteiger partial charge in [0.1, 0.15) is 5.75 Å². The summed E-state index contributed by atoms with van der Waals surface area (Å²) in [6.07, 6.45) is 1.79. The zero-order valence-electron chi connectivity index (χ0n) is 10.4. The van der Waals surface area contributed by atoms with Crippen molar-refractivity contribution in [2.45, 2.75) is 12.8 Å². The zero-order chi connectivity index (χ0) is 13.2. The van der Waals surface area contributed by atoms with Gasteiger partial charge in [-0.15, -0.1) is 0 Å². The van der Waals surface area contributed by atoms with Crippen LogP contribution in [0, 0.1) is 5.92 Å². The van der Waals surface area contributed by atoms with Crippen molar-refractivity contribution in [2.24, 2.45) is 5.92 Å². The first-order chi connectivity index (χ1) is 9.22. The van der Waals surface area contributed by atoms with Crippen LogP contribution < -0.4 is 5.73 Å². The summed E-state index contributed by atoms with van der Waals surface area (Å²) in [7, 11) is 0. The highest BCUT2D eigenvalue weighted by atomic mass is 16.5. The number of ether oxygens (including phenoxy) is 1. The fraction of sp³-hybridized carbons (Fsp3) is 0.385. The van der Waals surface area contributed by atoms with Crippen LogP contribution in [0.3, 0.4) is 0 Å². The SMILES string of the molecule is Nc1ccc(-c2nc(CC3CCOC3)no2)cc1O. The molecule has 1 aliphatic rings. The average Bonchev–Trinajstić information content (AvgIpc) is 3.05. The van der Waals surface area contributed by atoms with Crippen LogP contribution in [0.4, 0.5) is 5.69 Å². The summed E-state index contributed by atoms with van der Waals surface area (Å²) in [5.41, 5.74) is 6.54. The van der Waals surface area contributed by atoms with Gasteiger partial charge in [-0.3, -0.25) is 0 Å². The van der Waals surface area contributed by atoms with E-state index in [1.54, 1.807) is 12.1 Å². The quantitative estimate of drug-likeness (QED) is 0.643. The predicted molar refractivity (Wildman–Crippen MR) is 68.4 cm³/mol. The molecule has 19 heavy (non-hydrogen) atoms. The Kier molecular flexibility index (Phi) is 3.08. The first-order valence-electron chi connectivity index (χ1n) is 6.21. The van der Waals surface area contributed by atoms with Crippen LogP contribution in [0.25, 0.3) is 11.5 Å². The van der Waals surface area contributed by atoms with Crippen molar-refractivity contribution in [3.8, 4) is 17.2 Å². The van der Waals surface area contributed by atoms with Gasteiger partial charge >= 0.3 is 0 Å². The van der Waals surface area contributed by atoms with Crippen LogP contribution >= 0.6 is 0 Å². The van der Waals surface area contributed by atoms with Crippen molar-refractivity contribution in [3.05, 3.63) is 24.0 Å². The molecule has 3 rings (SSSR count). The number of phenols is 1. The van der Waals surface area contributed by atoms with Gasteiger partial charge in [0.05, 0.1) is 5.69 Å². The molecule has 0 spiro atoms. The molecular formula is C13H15N3O3. The van der Waals surface area contributed by atoms with Crippen molar-refractivity contribution < 1.29 is 14.4 Å². The molecule has 100 valence electrons. The number of hydrogen-bond acceptors (Lipinski definition) is 6. The lowest BCUT2D eigenvalue weighted by Gasteiger charge is -2.01. The predicted octanol–water partition coefficient (Wildman–Crippen LogP) is 1.60. The van der Waals surface area contributed by atoms with Crippen LogP contribution in [0.2, 0.25) is 0 Å². The van der Waals surface area contributed by atoms with E-state index < -0.39 is 0 Å². The van der Waals surface area contributed by atoms with Crippen LogP contribution in [0.15, 0.2) is 22.7 Å². The second-order valence-electron chi connectivity index (χ2n) is 4.72. The molecule has 1 aromatic carbocycles. The average molecular weight is 261 g/mol. The Balaban J connectivity index is 1.78. The number of aromatic hydroxyl groups is 1. The van der Waals surface area contributed by atoms with E-state index >= 15 is 0 Å². The molecule has 1 fully saturated rings. The molecule has 0 saturated carbocycles. The molecule has 3 N–H and O–H groups in total. The topological polar surface area (TPSA) is 94.4 Å². The van der Waals surface area contributed by atoms with Crippen LogP contribution in [-0.4, -0.2) is 28.5 Å². The number of aromatic nitrogens is 2. The third-order valence-corrected chi connectivity index (χ3v) is 3.24. The Bertz CT molecular complexity index is 576. The van der Waals surface area contributed by atoms with E-state index in [0.29, 0.717) is 28.9 Å². The van der Waals surface area contributed by atoms with Gasteiger partial charge < -0.3 is 20.1 Å². The fourth-order valence-electron chi connectivity index (χ4n) is 2.13. The molecule has 1 saturated heterocycles. The largest absolute Gasteiger partial charge is 0.506 e. The molecule has 1 unspecified atom stereocenters. The van der Waals surface area contributed by atoms with Crippen LogP contribution in [-0.2, 0) is 11.2 Å². The maximum atomic E-state index is 9.57. The second kappa shape index (κ2) is 4.89. The lowest BCUT2D eigenvalue weighted by Crippen LogP contribution is -2.04. The van der Waals surface area contributed by atoms with E-state index in [-0.39, 0.29) is 5.75 Å². The van der Waals surface area contributed by atoms with Gasteiger partial charge in [0, 0.05) is 25.2 Å². The summed E-state index contributed by atoms with van der Waals surface area (Å²) < 4.78 is 10.5. The standard InChI is InChI=1S/C13H15N3O3/c14-10-2-1-9(6-11(10)17)13-15-12(16-19-13)5-8-3-4-18-7-8/h1-2,6,8,17H,3-5,7,14H2. The van der Waals surface area contributed by atoms with Gasteiger partial charge in [0.15, 0.2) is 5.82 Å².